The molecule has 2 N–H and O–H groups in total. The highest BCUT2D eigenvalue weighted by Crippen LogP contribution is 2.51. The molecule has 1 amide bonds. The van der Waals surface area contributed by atoms with Crippen molar-refractivity contribution in [1.82, 2.24) is 5.32 Å². The average molecular weight is 309 g/mol. The lowest BCUT2D eigenvalue weighted by molar-refractivity contribution is -0.118. The molecule has 0 aliphatic heterocycles. The SMILES string of the molecule is O=C(N[C@H](CCO)c1ccc(F)cc1)C1=C2C=C3CC3=C2C=C1. The van der Waals surface area contributed by atoms with Gasteiger partial charge in [0.25, 0.3) is 5.91 Å². The number of fused-ring (bicyclic) bond motifs is 2. The van der Waals surface area contributed by atoms with Crippen molar-refractivity contribution in [2.45, 2.75) is 18.9 Å². The van der Waals surface area contributed by atoms with E-state index in [4.69, 9.17) is 0 Å². The van der Waals surface area contributed by atoms with Gasteiger partial charge in [-0.05, 0) is 65.0 Å². The molecule has 4 rings (SSSR count). The number of rotatable bonds is 5. The number of aliphatic hydroxyl groups excluding tert-OH is 1. The van der Waals surface area contributed by atoms with E-state index in [2.05, 4.69) is 11.4 Å². The first-order chi connectivity index (χ1) is 11.2. The van der Waals surface area contributed by atoms with Crippen molar-refractivity contribution in [3.63, 3.8) is 0 Å². The summed E-state index contributed by atoms with van der Waals surface area (Å²) in [4.78, 5) is 12.6. The second kappa shape index (κ2) is 5.32. The minimum Gasteiger partial charge on any atom is -0.396 e. The molecule has 0 saturated heterocycles. The van der Waals surface area contributed by atoms with E-state index in [0.29, 0.717) is 12.0 Å². The van der Waals surface area contributed by atoms with E-state index >= 15 is 0 Å². The van der Waals surface area contributed by atoms with Crippen LogP contribution < -0.4 is 5.32 Å². The lowest BCUT2D eigenvalue weighted by atomic mass is 10.0. The summed E-state index contributed by atoms with van der Waals surface area (Å²) >= 11 is 0. The zero-order valence-corrected chi connectivity index (χ0v) is 12.5. The molecular weight excluding hydrogens is 293 g/mol. The van der Waals surface area contributed by atoms with Crippen LogP contribution in [0.5, 0.6) is 0 Å². The first-order valence-electron chi connectivity index (χ1n) is 7.71. The number of benzene rings is 1. The number of amides is 1. The van der Waals surface area contributed by atoms with Crippen molar-refractivity contribution in [3.05, 3.63) is 81.7 Å². The number of nitrogens with one attached hydrogen (secondary N) is 1. The van der Waals surface area contributed by atoms with Crippen molar-refractivity contribution >= 4 is 5.91 Å². The third-order valence-corrected chi connectivity index (χ3v) is 4.51. The number of allylic oxidation sites excluding steroid dienone is 6. The second-order valence-electron chi connectivity index (χ2n) is 5.99. The van der Waals surface area contributed by atoms with Crippen LogP contribution in [-0.4, -0.2) is 17.6 Å². The minimum absolute atomic E-state index is 0.0522. The van der Waals surface area contributed by atoms with Gasteiger partial charge in [-0.25, -0.2) is 4.39 Å². The van der Waals surface area contributed by atoms with Crippen LogP contribution in [0.2, 0.25) is 0 Å². The maximum Gasteiger partial charge on any atom is 0.252 e. The number of carbonyl (C=O) groups is 1. The summed E-state index contributed by atoms with van der Waals surface area (Å²) < 4.78 is 13.1. The third-order valence-electron chi connectivity index (χ3n) is 4.51. The summed E-state index contributed by atoms with van der Waals surface area (Å²) in [7, 11) is 0. The van der Waals surface area contributed by atoms with Gasteiger partial charge in [0, 0.05) is 12.2 Å². The molecule has 1 fully saturated rings. The zero-order valence-electron chi connectivity index (χ0n) is 12.5. The van der Waals surface area contributed by atoms with Gasteiger partial charge in [-0.2, -0.15) is 0 Å². The molecule has 1 atom stereocenters. The Morgan fingerprint density at radius 1 is 1.22 bits per heavy atom. The van der Waals surface area contributed by atoms with Crippen molar-refractivity contribution in [2.24, 2.45) is 0 Å². The molecule has 0 heterocycles. The monoisotopic (exact) mass is 309 g/mol. The van der Waals surface area contributed by atoms with Gasteiger partial charge in [0.05, 0.1) is 6.04 Å². The van der Waals surface area contributed by atoms with E-state index in [1.807, 2.05) is 12.2 Å². The van der Waals surface area contributed by atoms with Crippen LogP contribution in [0.1, 0.15) is 24.4 Å². The Bertz CT molecular complexity index is 812. The standard InChI is InChI=1S/C19H16FNO2/c20-13-3-1-11(2-4-13)18(7-8-22)21-19(23)15-6-5-14-16-9-12(16)10-17(14)15/h1-6,10,18,22H,7-9H2,(H,21,23)/t18-/m1/s1. The Kier molecular flexibility index (Phi) is 3.27. The Morgan fingerprint density at radius 2 is 2.00 bits per heavy atom. The fraction of sp³-hybridized carbons (Fsp3) is 0.211. The highest BCUT2D eigenvalue weighted by molar-refractivity contribution is 6.02. The molecule has 0 unspecified atom stereocenters. The molecule has 3 nitrogen and oxygen atoms in total. The highest BCUT2D eigenvalue weighted by atomic mass is 19.1. The van der Waals surface area contributed by atoms with Gasteiger partial charge in [-0.1, -0.05) is 18.2 Å². The van der Waals surface area contributed by atoms with E-state index in [-0.39, 0.29) is 24.4 Å². The van der Waals surface area contributed by atoms with E-state index in [1.54, 1.807) is 12.1 Å². The summed E-state index contributed by atoms with van der Waals surface area (Å²) in [6.45, 7) is -0.0522. The van der Waals surface area contributed by atoms with Gasteiger partial charge in [0.15, 0.2) is 0 Å². The van der Waals surface area contributed by atoms with Crippen LogP contribution in [0.25, 0.3) is 0 Å². The summed E-state index contributed by atoms with van der Waals surface area (Å²) in [5, 5.41) is 12.2. The molecule has 3 aliphatic carbocycles. The zero-order chi connectivity index (χ0) is 16.0. The number of hydrogen-bond acceptors (Lipinski definition) is 2. The topological polar surface area (TPSA) is 49.3 Å². The lowest BCUT2D eigenvalue weighted by Crippen LogP contribution is -2.30. The van der Waals surface area contributed by atoms with Crippen molar-refractivity contribution < 1.29 is 14.3 Å². The summed E-state index contributed by atoms with van der Waals surface area (Å²) in [6.07, 6.45) is 7.35. The van der Waals surface area contributed by atoms with E-state index in [0.717, 1.165) is 17.6 Å². The van der Waals surface area contributed by atoms with Gasteiger partial charge < -0.3 is 10.4 Å². The van der Waals surface area contributed by atoms with Crippen LogP contribution in [-0.2, 0) is 4.79 Å². The Labute approximate surface area is 133 Å². The maximum absolute atomic E-state index is 13.1. The second-order valence-corrected chi connectivity index (χ2v) is 5.99. The average Bonchev–Trinajstić information content (AvgIpc) is 3.02. The smallest absolute Gasteiger partial charge is 0.252 e. The van der Waals surface area contributed by atoms with Gasteiger partial charge >= 0.3 is 0 Å². The largest absolute Gasteiger partial charge is 0.396 e. The molecular formula is C19H16FNO2. The van der Waals surface area contributed by atoms with E-state index < -0.39 is 0 Å². The van der Waals surface area contributed by atoms with Gasteiger partial charge in [0.1, 0.15) is 5.82 Å². The van der Waals surface area contributed by atoms with Crippen LogP contribution in [0.4, 0.5) is 4.39 Å². The van der Waals surface area contributed by atoms with E-state index in [9.17, 15) is 14.3 Å². The first-order valence-corrected chi connectivity index (χ1v) is 7.71. The first kappa shape index (κ1) is 14.2. The Morgan fingerprint density at radius 3 is 2.74 bits per heavy atom. The molecule has 4 heteroatoms. The van der Waals surface area contributed by atoms with Crippen LogP contribution >= 0.6 is 0 Å². The molecule has 1 aromatic rings. The number of hydrogen-bond donors (Lipinski definition) is 2. The molecule has 0 bridgehead atoms. The normalized spacial score (nSPS) is 18.8. The molecule has 1 aromatic carbocycles. The molecule has 0 aromatic heterocycles. The van der Waals surface area contributed by atoms with Crippen molar-refractivity contribution in [1.29, 1.82) is 0 Å². The molecule has 23 heavy (non-hydrogen) atoms. The highest BCUT2D eigenvalue weighted by Gasteiger charge is 2.35. The maximum atomic E-state index is 13.1. The fourth-order valence-electron chi connectivity index (χ4n) is 3.22. The number of aliphatic hydroxyl groups is 1. The summed E-state index contributed by atoms with van der Waals surface area (Å²) in [6, 6.07) is 5.66. The Hall–Kier alpha value is -2.46. The summed E-state index contributed by atoms with van der Waals surface area (Å²) in [5.41, 5.74) is 6.30. The molecule has 1 saturated carbocycles. The van der Waals surface area contributed by atoms with Crippen molar-refractivity contribution in [3.8, 4) is 0 Å². The van der Waals surface area contributed by atoms with Crippen molar-refractivity contribution in [2.75, 3.05) is 6.61 Å². The fourth-order valence-corrected chi connectivity index (χ4v) is 3.22. The molecule has 0 spiro atoms. The quantitative estimate of drug-likeness (QED) is 0.878. The molecule has 116 valence electrons. The number of carbonyl (C=O) groups excluding carboxylic acids is 1. The molecule has 0 radical (unpaired) electrons. The summed E-state index contributed by atoms with van der Waals surface area (Å²) in [5.74, 6) is -0.479. The van der Waals surface area contributed by atoms with Gasteiger partial charge in [0.2, 0.25) is 0 Å². The van der Waals surface area contributed by atoms with E-state index in [1.165, 1.54) is 28.9 Å². The van der Waals surface area contributed by atoms with Gasteiger partial charge in [-0.15, -0.1) is 0 Å². The minimum atomic E-state index is -0.338. The van der Waals surface area contributed by atoms with Crippen LogP contribution in [0.15, 0.2) is 70.4 Å². The predicted molar refractivity (Wildman–Crippen MR) is 84.9 cm³/mol. The third kappa shape index (κ3) is 2.45. The van der Waals surface area contributed by atoms with Crippen LogP contribution in [0.3, 0.4) is 0 Å². The lowest BCUT2D eigenvalue weighted by Gasteiger charge is -2.19. The van der Waals surface area contributed by atoms with Gasteiger partial charge in [-0.3, -0.25) is 4.79 Å². The molecule has 3 aliphatic rings. The van der Waals surface area contributed by atoms with Crippen LogP contribution in [0, 0.1) is 5.82 Å². The predicted octanol–water partition coefficient (Wildman–Crippen LogP) is 2.87. The Balaban J connectivity index is 1.56. The number of halogens is 1.